The standard InChI is InChI=1S/C11H10F4O/c1-6(2)10(16)7-3-4-9(12)8(5-7)11(13,14)15/h3-5,10,16H,1H2,2H3. The number of halogens is 4. The lowest BCUT2D eigenvalue weighted by Gasteiger charge is -2.14. The van der Waals surface area contributed by atoms with Crippen LogP contribution in [0.5, 0.6) is 0 Å². The summed E-state index contributed by atoms with van der Waals surface area (Å²) >= 11 is 0. The predicted octanol–water partition coefficient (Wildman–Crippen LogP) is 3.45. The van der Waals surface area contributed by atoms with E-state index >= 15 is 0 Å². The summed E-state index contributed by atoms with van der Waals surface area (Å²) in [7, 11) is 0. The monoisotopic (exact) mass is 234 g/mol. The third-order valence-electron chi connectivity index (χ3n) is 2.08. The summed E-state index contributed by atoms with van der Waals surface area (Å²) in [5.41, 5.74) is -1.12. The van der Waals surface area contributed by atoms with E-state index in [9.17, 15) is 22.7 Å². The van der Waals surface area contributed by atoms with E-state index in [-0.39, 0.29) is 5.56 Å². The van der Waals surface area contributed by atoms with Gasteiger partial charge >= 0.3 is 6.18 Å². The van der Waals surface area contributed by atoms with E-state index in [4.69, 9.17) is 0 Å². The van der Waals surface area contributed by atoms with Gasteiger partial charge in [-0.2, -0.15) is 13.2 Å². The van der Waals surface area contributed by atoms with Crippen LogP contribution < -0.4 is 0 Å². The molecule has 0 aliphatic heterocycles. The zero-order valence-corrected chi connectivity index (χ0v) is 8.48. The summed E-state index contributed by atoms with van der Waals surface area (Å²) in [6.07, 6.45) is -5.99. The molecule has 0 saturated heterocycles. The van der Waals surface area contributed by atoms with Crippen molar-refractivity contribution >= 4 is 0 Å². The average molecular weight is 234 g/mol. The predicted molar refractivity (Wildman–Crippen MR) is 51.2 cm³/mol. The van der Waals surface area contributed by atoms with Crippen LogP contribution in [-0.4, -0.2) is 5.11 Å². The number of rotatable bonds is 2. The first kappa shape index (κ1) is 12.7. The molecule has 0 saturated carbocycles. The molecule has 0 spiro atoms. The Labute approximate surface area is 90.0 Å². The minimum absolute atomic E-state index is 0.0266. The maximum absolute atomic E-state index is 12.9. The maximum atomic E-state index is 12.9. The SMILES string of the molecule is C=C(C)C(O)c1ccc(F)c(C(F)(F)F)c1. The Hall–Kier alpha value is -1.36. The summed E-state index contributed by atoms with van der Waals surface area (Å²) in [5, 5.41) is 9.49. The third kappa shape index (κ3) is 2.61. The molecule has 88 valence electrons. The molecule has 1 atom stereocenters. The molecule has 0 radical (unpaired) electrons. The lowest BCUT2D eigenvalue weighted by molar-refractivity contribution is -0.140. The first-order valence-corrected chi connectivity index (χ1v) is 4.43. The van der Waals surface area contributed by atoms with E-state index in [1.54, 1.807) is 0 Å². The van der Waals surface area contributed by atoms with Crippen LogP contribution in [0.25, 0.3) is 0 Å². The van der Waals surface area contributed by atoms with Gasteiger partial charge in [0.2, 0.25) is 0 Å². The van der Waals surface area contributed by atoms with Crippen LogP contribution in [0.1, 0.15) is 24.2 Å². The zero-order valence-electron chi connectivity index (χ0n) is 8.48. The Morgan fingerprint density at radius 1 is 1.38 bits per heavy atom. The quantitative estimate of drug-likeness (QED) is 0.613. The number of benzene rings is 1. The van der Waals surface area contributed by atoms with Crippen molar-refractivity contribution in [3.05, 3.63) is 47.3 Å². The van der Waals surface area contributed by atoms with Gasteiger partial charge in [-0.25, -0.2) is 4.39 Å². The van der Waals surface area contributed by atoms with Crippen LogP contribution in [0.2, 0.25) is 0 Å². The van der Waals surface area contributed by atoms with Gasteiger partial charge in [-0.05, 0) is 30.2 Å². The summed E-state index contributed by atoms with van der Waals surface area (Å²) < 4.78 is 50.0. The molecule has 0 aliphatic rings. The van der Waals surface area contributed by atoms with E-state index < -0.39 is 23.7 Å². The van der Waals surface area contributed by atoms with Crippen molar-refractivity contribution in [3.8, 4) is 0 Å². The topological polar surface area (TPSA) is 20.2 Å². The summed E-state index contributed by atoms with van der Waals surface area (Å²) in [6, 6.07) is 2.38. The molecular weight excluding hydrogens is 224 g/mol. The second kappa shape index (κ2) is 4.25. The Bertz CT molecular complexity index is 409. The molecule has 1 aromatic rings. The molecule has 0 bridgehead atoms. The van der Waals surface area contributed by atoms with Crippen LogP contribution in [-0.2, 0) is 6.18 Å². The normalized spacial score (nSPS) is 13.6. The second-order valence-corrected chi connectivity index (χ2v) is 3.49. The molecule has 0 heterocycles. The Morgan fingerprint density at radius 3 is 2.38 bits per heavy atom. The Morgan fingerprint density at radius 2 is 1.94 bits per heavy atom. The van der Waals surface area contributed by atoms with Gasteiger partial charge < -0.3 is 5.11 Å². The molecule has 0 fully saturated rings. The fourth-order valence-electron chi connectivity index (χ4n) is 1.21. The number of aliphatic hydroxyl groups excluding tert-OH is 1. The number of hydrogen-bond donors (Lipinski definition) is 1. The van der Waals surface area contributed by atoms with Crippen LogP contribution in [0.3, 0.4) is 0 Å². The summed E-state index contributed by atoms with van der Waals surface area (Å²) in [6.45, 7) is 4.89. The molecule has 1 rings (SSSR count). The van der Waals surface area contributed by atoms with Crippen LogP contribution >= 0.6 is 0 Å². The molecule has 1 N–H and O–H groups in total. The summed E-state index contributed by atoms with van der Waals surface area (Å²) in [4.78, 5) is 0. The average Bonchev–Trinajstić information content (AvgIpc) is 2.15. The molecule has 1 unspecified atom stereocenters. The van der Waals surface area contributed by atoms with Gasteiger partial charge in [-0.15, -0.1) is 0 Å². The van der Waals surface area contributed by atoms with Crippen molar-refractivity contribution in [1.29, 1.82) is 0 Å². The molecule has 5 heteroatoms. The van der Waals surface area contributed by atoms with Crippen molar-refractivity contribution in [2.24, 2.45) is 0 Å². The minimum atomic E-state index is -4.77. The first-order valence-electron chi connectivity index (χ1n) is 4.43. The third-order valence-corrected chi connectivity index (χ3v) is 2.08. The smallest absolute Gasteiger partial charge is 0.384 e. The first-order chi connectivity index (χ1) is 7.23. The van der Waals surface area contributed by atoms with E-state index in [1.165, 1.54) is 6.92 Å². The highest BCUT2D eigenvalue weighted by atomic mass is 19.4. The number of hydrogen-bond acceptors (Lipinski definition) is 1. The van der Waals surface area contributed by atoms with Crippen LogP contribution in [0.15, 0.2) is 30.4 Å². The highest BCUT2D eigenvalue weighted by Gasteiger charge is 2.34. The zero-order chi connectivity index (χ0) is 12.5. The Balaban J connectivity index is 3.23. The van der Waals surface area contributed by atoms with E-state index in [0.717, 1.165) is 6.07 Å². The lowest BCUT2D eigenvalue weighted by Crippen LogP contribution is -2.10. The van der Waals surface area contributed by atoms with Crippen molar-refractivity contribution < 1.29 is 22.7 Å². The largest absolute Gasteiger partial charge is 0.419 e. The number of alkyl halides is 3. The molecule has 0 aliphatic carbocycles. The van der Waals surface area contributed by atoms with E-state index in [2.05, 4.69) is 6.58 Å². The molecule has 16 heavy (non-hydrogen) atoms. The van der Waals surface area contributed by atoms with Crippen molar-refractivity contribution in [3.63, 3.8) is 0 Å². The molecule has 0 aromatic heterocycles. The van der Waals surface area contributed by atoms with Gasteiger partial charge in [-0.3, -0.25) is 0 Å². The van der Waals surface area contributed by atoms with Crippen molar-refractivity contribution in [2.45, 2.75) is 19.2 Å². The van der Waals surface area contributed by atoms with E-state index in [0.29, 0.717) is 17.7 Å². The van der Waals surface area contributed by atoms with Gasteiger partial charge in [-0.1, -0.05) is 12.6 Å². The lowest BCUT2D eigenvalue weighted by atomic mass is 10.0. The van der Waals surface area contributed by atoms with Crippen LogP contribution in [0, 0.1) is 5.82 Å². The Kier molecular flexibility index (Phi) is 3.38. The molecule has 1 aromatic carbocycles. The maximum Gasteiger partial charge on any atom is 0.419 e. The summed E-state index contributed by atoms with van der Waals surface area (Å²) in [5.74, 6) is -1.36. The van der Waals surface area contributed by atoms with Gasteiger partial charge in [0, 0.05) is 0 Å². The highest BCUT2D eigenvalue weighted by Crippen LogP contribution is 2.33. The molecule has 0 amide bonds. The van der Waals surface area contributed by atoms with Gasteiger partial charge in [0.25, 0.3) is 0 Å². The van der Waals surface area contributed by atoms with Gasteiger partial charge in [0.1, 0.15) is 5.82 Å². The van der Waals surface area contributed by atoms with Crippen molar-refractivity contribution in [1.82, 2.24) is 0 Å². The number of aliphatic hydroxyl groups is 1. The second-order valence-electron chi connectivity index (χ2n) is 3.49. The van der Waals surface area contributed by atoms with Gasteiger partial charge in [0.05, 0.1) is 11.7 Å². The molecule has 1 nitrogen and oxygen atoms in total. The van der Waals surface area contributed by atoms with Gasteiger partial charge in [0.15, 0.2) is 0 Å². The fraction of sp³-hybridized carbons (Fsp3) is 0.273. The van der Waals surface area contributed by atoms with E-state index in [1.807, 2.05) is 0 Å². The molecular formula is C11H10F4O. The van der Waals surface area contributed by atoms with Crippen molar-refractivity contribution in [2.75, 3.05) is 0 Å². The highest BCUT2D eigenvalue weighted by molar-refractivity contribution is 5.31. The minimum Gasteiger partial charge on any atom is -0.384 e. The van der Waals surface area contributed by atoms with Crippen LogP contribution in [0.4, 0.5) is 17.6 Å². The fourth-order valence-corrected chi connectivity index (χ4v) is 1.21.